The van der Waals surface area contributed by atoms with E-state index in [-0.39, 0.29) is 0 Å². The van der Waals surface area contributed by atoms with E-state index in [1.165, 1.54) is 0 Å². The summed E-state index contributed by atoms with van der Waals surface area (Å²) in [6, 6.07) is 5.54. The molecule has 0 aliphatic rings. The molecule has 0 bridgehead atoms. The Morgan fingerprint density at radius 2 is 1.89 bits per heavy atom. The van der Waals surface area contributed by atoms with Crippen molar-refractivity contribution in [1.29, 1.82) is 0 Å². The summed E-state index contributed by atoms with van der Waals surface area (Å²) in [6.45, 7) is 6.56. The first-order chi connectivity index (χ1) is 8.45. The molecular formula is C15H25NO2. The van der Waals surface area contributed by atoms with Crippen molar-refractivity contribution < 1.29 is 9.84 Å². The van der Waals surface area contributed by atoms with Crippen molar-refractivity contribution in [1.82, 2.24) is 0 Å². The molecule has 3 heteroatoms. The molecule has 3 N–H and O–H groups in total. The van der Waals surface area contributed by atoms with Crippen LogP contribution in [-0.2, 0) is 0 Å². The number of hydrogen-bond acceptors (Lipinski definition) is 3. The van der Waals surface area contributed by atoms with E-state index in [1.54, 1.807) is 7.11 Å². The molecule has 2 atom stereocenters. The van der Waals surface area contributed by atoms with Gasteiger partial charge in [-0.25, -0.2) is 0 Å². The van der Waals surface area contributed by atoms with Crippen molar-refractivity contribution in [2.45, 2.75) is 39.7 Å². The fourth-order valence-corrected chi connectivity index (χ4v) is 2.44. The Labute approximate surface area is 110 Å². The van der Waals surface area contributed by atoms with Crippen molar-refractivity contribution in [2.75, 3.05) is 12.8 Å². The van der Waals surface area contributed by atoms with E-state index in [1.807, 2.05) is 18.2 Å². The predicted molar refractivity (Wildman–Crippen MR) is 75.6 cm³/mol. The Hall–Kier alpha value is -1.22. The summed E-state index contributed by atoms with van der Waals surface area (Å²) >= 11 is 0. The highest BCUT2D eigenvalue weighted by Crippen LogP contribution is 2.33. The quantitative estimate of drug-likeness (QED) is 0.762. The molecule has 102 valence electrons. The van der Waals surface area contributed by atoms with Crippen LogP contribution in [0.3, 0.4) is 0 Å². The summed E-state index contributed by atoms with van der Waals surface area (Å²) in [5.74, 6) is 1.75. The van der Waals surface area contributed by atoms with Crippen molar-refractivity contribution in [2.24, 2.45) is 11.8 Å². The van der Waals surface area contributed by atoms with Gasteiger partial charge in [0.15, 0.2) is 0 Å². The van der Waals surface area contributed by atoms with E-state index in [0.29, 0.717) is 23.3 Å². The van der Waals surface area contributed by atoms with Crippen LogP contribution in [0.25, 0.3) is 0 Å². The summed E-state index contributed by atoms with van der Waals surface area (Å²) in [7, 11) is 1.59. The third kappa shape index (κ3) is 3.91. The van der Waals surface area contributed by atoms with Gasteiger partial charge in [0.1, 0.15) is 5.75 Å². The van der Waals surface area contributed by atoms with Gasteiger partial charge >= 0.3 is 0 Å². The maximum Gasteiger partial charge on any atom is 0.142 e. The molecule has 1 aromatic carbocycles. The van der Waals surface area contributed by atoms with Crippen LogP contribution in [0.1, 0.15) is 45.3 Å². The number of hydrogen-bond donors (Lipinski definition) is 2. The minimum Gasteiger partial charge on any atom is -0.495 e. The average Bonchev–Trinajstić information content (AvgIpc) is 2.27. The number of para-hydroxylation sites is 1. The van der Waals surface area contributed by atoms with Crippen LogP contribution < -0.4 is 10.5 Å². The zero-order valence-electron chi connectivity index (χ0n) is 11.8. The van der Waals surface area contributed by atoms with Crippen LogP contribution in [0.5, 0.6) is 5.75 Å². The first-order valence-corrected chi connectivity index (χ1v) is 6.56. The molecule has 0 spiro atoms. The smallest absolute Gasteiger partial charge is 0.142 e. The number of aliphatic hydroxyl groups is 1. The SMILES string of the molecule is COc1cccc(C(O)CC(C)CC(C)C)c1N. The first kappa shape index (κ1) is 14.8. The summed E-state index contributed by atoms with van der Waals surface area (Å²) in [6.07, 6.45) is 1.32. The van der Waals surface area contributed by atoms with Gasteiger partial charge in [-0.3, -0.25) is 0 Å². The Morgan fingerprint density at radius 1 is 1.22 bits per heavy atom. The maximum atomic E-state index is 10.3. The Balaban J connectivity index is 2.75. The zero-order chi connectivity index (χ0) is 13.7. The minimum atomic E-state index is -0.520. The van der Waals surface area contributed by atoms with Gasteiger partial charge in [-0.15, -0.1) is 0 Å². The maximum absolute atomic E-state index is 10.3. The Morgan fingerprint density at radius 3 is 2.44 bits per heavy atom. The molecule has 0 amide bonds. The Kier molecular flexibility index (Phi) is 5.48. The molecule has 0 fully saturated rings. The Bertz CT molecular complexity index is 377. The standard InChI is InChI=1S/C15H25NO2/c1-10(2)8-11(3)9-13(17)12-6-5-7-14(18-4)15(12)16/h5-7,10-11,13,17H,8-9,16H2,1-4H3. The number of aliphatic hydroxyl groups excluding tert-OH is 1. The number of nitrogen functional groups attached to an aromatic ring is 1. The average molecular weight is 251 g/mol. The van der Waals surface area contributed by atoms with Gasteiger partial charge in [0, 0.05) is 5.56 Å². The number of rotatable bonds is 6. The molecule has 3 nitrogen and oxygen atoms in total. The second-order valence-corrected chi connectivity index (χ2v) is 5.45. The van der Waals surface area contributed by atoms with Crippen LogP contribution in [0.2, 0.25) is 0 Å². The lowest BCUT2D eigenvalue weighted by molar-refractivity contribution is 0.142. The topological polar surface area (TPSA) is 55.5 Å². The summed E-state index contributed by atoms with van der Waals surface area (Å²) in [4.78, 5) is 0. The number of nitrogens with two attached hydrogens (primary N) is 1. The third-order valence-corrected chi connectivity index (χ3v) is 3.18. The second-order valence-electron chi connectivity index (χ2n) is 5.45. The van der Waals surface area contributed by atoms with E-state index >= 15 is 0 Å². The van der Waals surface area contributed by atoms with Crippen LogP contribution >= 0.6 is 0 Å². The van der Waals surface area contributed by atoms with E-state index in [0.717, 1.165) is 18.4 Å². The number of methoxy groups -OCH3 is 1. The van der Waals surface area contributed by atoms with Gasteiger partial charge in [-0.1, -0.05) is 32.9 Å². The fourth-order valence-electron chi connectivity index (χ4n) is 2.44. The lowest BCUT2D eigenvalue weighted by Crippen LogP contribution is -2.09. The molecule has 0 saturated carbocycles. The van der Waals surface area contributed by atoms with Gasteiger partial charge in [-0.05, 0) is 30.7 Å². The molecular weight excluding hydrogens is 226 g/mol. The summed E-state index contributed by atoms with van der Waals surface area (Å²) in [5.41, 5.74) is 7.30. The monoisotopic (exact) mass is 251 g/mol. The first-order valence-electron chi connectivity index (χ1n) is 6.56. The largest absolute Gasteiger partial charge is 0.495 e. The zero-order valence-corrected chi connectivity index (χ0v) is 11.8. The normalized spacial score (nSPS) is 14.6. The third-order valence-electron chi connectivity index (χ3n) is 3.18. The molecule has 0 heterocycles. The molecule has 0 aromatic heterocycles. The lowest BCUT2D eigenvalue weighted by Gasteiger charge is -2.20. The summed E-state index contributed by atoms with van der Waals surface area (Å²) < 4.78 is 5.17. The van der Waals surface area contributed by atoms with Crippen molar-refractivity contribution >= 4 is 5.69 Å². The van der Waals surface area contributed by atoms with Gasteiger partial charge < -0.3 is 15.6 Å². The molecule has 0 radical (unpaired) electrons. The minimum absolute atomic E-state index is 0.477. The lowest BCUT2D eigenvalue weighted by atomic mass is 9.91. The number of benzene rings is 1. The molecule has 18 heavy (non-hydrogen) atoms. The molecule has 0 saturated heterocycles. The van der Waals surface area contributed by atoms with Crippen LogP contribution in [0.4, 0.5) is 5.69 Å². The van der Waals surface area contributed by atoms with Gasteiger partial charge in [0.2, 0.25) is 0 Å². The molecule has 1 aromatic rings. The van der Waals surface area contributed by atoms with E-state index in [2.05, 4.69) is 20.8 Å². The fraction of sp³-hybridized carbons (Fsp3) is 0.600. The van der Waals surface area contributed by atoms with Crippen LogP contribution in [-0.4, -0.2) is 12.2 Å². The number of anilines is 1. The highest BCUT2D eigenvalue weighted by Gasteiger charge is 2.17. The highest BCUT2D eigenvalue weighted by atomic mass is 16.5. The van der Waals surface area contributed by atoms with Crippen molar-refractivity contribution in [3.8, 4) is 5.75 Å². The second kappa shape index (κ2) is 6.64. The van der Waals surface area contributed by atoms with E-state index < -0.39 is 6.10 Å². The van der Waals surface area contributed by atoms with Gasteiger partial charge in [0.25, 0.3) is 0 Å². The molecule has 0 aliphatic carbocycles. The van der Waals surface area contributed by atoms with Gasteiger partial charge in [0.05, 0.1) is 18.9 Å². The predicted octanol–water partition coefficient (Wildman–Crippen LogP) is 3.38. The molecule has 1 rings (SSSR count). The molecule has 0 aliphatic heterocycles. The van der Waals surface area contributed by atoms with Crippen molar-refractivity contribution in [3.63, 3.8) is 0 Å². The van der Waals surface area contributed by atoms with E-state index in [9.17, 15) is 5.11 Å². The van der Waals surface area contributed by atoms with Crippen molar-refractivity contribution in [3.05, 3.63) is 23.8 Å². The summed E-state index contributed by atoms with van der Waals surface area (Å²) in [5, 5.41) is 10.3. The molecule has 2 unspecified atom stereocenters. The van der Waals surface area contributed by atoms with E-state index in [4.69, 9.17) is 10.5 Å². The van der Waals surface area contributed by atoms with Crippen LogP contribution in [0, 0.1) is 11.8 Å². The van der Waals surface area contributed by atoms with Crippen LogP contribution in [0.15, 0.2) is 18.2 Å². The number of ether oxygens (including phenoxy) is 1. The highest BCUT2D eigenvalue weighted by molar-refractivity contribution is 5.59. The van der Waals surface area contributed by atoms with Gasteiger partial charge in [-0.2, -0.15) is 0 Å².